The molecule has 2 aliphatic heterocycles. The maximum atomic E-state index is 13.7. The number of pyridine rings is 2. The Morgan fingerprint density at radius 3 is 2.77 bits per heavy atom. The van der Waals surface area contributed by atoms with Crippen molar-refractivity contribution < 1.29 is 32.3 Å². The number of benzene rings is 1. The molecular weight excluding hydrogens is 538 g/mol. The minimum atomic E-state index is -4.15. The molecule has 3 unspecified atom stereocenters. The van der Waals surface area contributed by atoms with Crippen molar-refractivity contribution in [3.05, 3.63) is 66.3 Å². The summed E-state index contributed by atoms with van der Waals surface area (Å²) >= 11 is 0. The summed E-state index contributed by atoms with van der Waals surface area (Å²) in [6, 6.07) is 8.47. The van der Waals surface area contributed by atoms with Crippen molar-refractivity contribution in [1.82, 2.24) is 19.5 Å². The van der Waals surface area contributed by atoms with Crippen molar-refractivity contribution in [2.24, 2.45) is 5.92 Å². The molecule has 2 aliphatic rings. The zero-order chi connectivity index (χ0) is 28.6. The van der Waals surface area contributed by atoms with Gasteiger partial charge in [-0.25, -0.2) is 13.2 Å². The Morgan fingerprint density at radius 1 is 1.23 bits per heavy atom. The Balaban J connectivity index is 1.32. The SMILES string of the molecule is CC(C)CC(NC(=O)Oc1ccc2ncccc2c1)C(=O)N1CCC2C1C(=O)CN2S(=O)(=O)c1ccc[n+]([O-])c1. The van der Waals surface area contributed by atoms with Gasteiger partial charge < -0.3 is 20.2 Å². The molecule has 2 fully saturated rings. The number of amides is 2. The van der Waals surface area contributed by atoms with Crippen LogP contribution in [0.2, 0.25) is 0 Å². The zero-order valence-electron chi connectivity index (χ0n) is 22.0. The van der Waals surface area contributed by atoms with Crippen LogP contribution in [0.25, 0.3) is 10.9 Å². The molecule has 0 saturated carbocycles. The molecule has 1 aromatic carbocycles. The number of likely N-dealkylation sites (tertiary alicyclic amines) is 1. The third-order valence-electron chi connectivity index (χ3n) is 7.10. The molecule has 40 heavy (non-hydrogen) atoms. The normalized spacial score (nSPS) is 20.1. The molecule has 12 nitrogen and oxygen atoms in total. The first kappa shape index (κ1) is 27.5. The predicted molar refractivity (Wildman–Crippen MR) is 142 cm³/mol. The molecule has 5 rings (SSSR count). The smallest absolute Gasteiger partial charge is 0.413 e. The minimum Gasteiger partial charge on any atom is -0.619 e. The number of sulfonamides is 1. The van der Waals surface area contributed by atoms with Crippen LogP contribution in [-0.4, -0.2) is 71.6 Å². The van der Waals surface area contributed by atoms with E-state index in [1.165, 1.54) is 17.0 Å². The molecule has 0 bridgehead atoms. The van der Waals surface area contributed by atoms with Gasteiger partial charge in [-0.15, -0.1) is 0 Å². The number of nitrogens with one attached hydrogen (secondary N) is 1. The fourth-order valence-corrected chi connectivity index (χ4v) is 6.98. The van der Waals surface area contributed by atoms with Gasteiger partial charge in [0.15, 0.2) is 18.2 Å². The van der Waals surface area contributed by atoms with E-state index in [9.17, 15) is 28.0 Å². The highest BCUT2D eigenvalue weighted by atomic mass is 32.2. The van der Waals surface area contributed by atoms with Gasteiger partial charge in [-0.2, -0.15) is 9.04 Å². The van der Waals surface area contributed by atoms with E-state index in [1.54, 1.807) is 30.5 Å². The first-order chi connectivity index (χ1) is 19.0. The standard InChI is InChI=1S/C27H29N5O7S/c1-17(2)13-22(29-27(35)39-19-7-8-21-18(14-19)5-3-10-28-21)26(34)31-12-9-23-25(31)24(33)16-32(23)40(37,38)20-6-4-11-30(36)15-20/h3-8,10-11,14-15,17,22-23,25H,9,12-13,16H2,1-2H3,(H,29,35). The Kier molecular flexibility index (Phi) is 7.43. The number of fused-ring (bicyclic) bond motifs is 2. The van der Waals surface area contributed by atoms with Crippen LogP contribution >= 0.6 is 0 Å². The first-order valence-corrected chi connectivity index (χ1v) is 14.4. The molecule has 0 aliphatic carbocycles. The summed E-state index contributed by atoms with van der Waals surface area (Å²) in [6.07, 6.45) is 3.47. The maximum absolute atomic E-state index is 13.7. The second kappa shape index (κ2) is 10.8. The van der Waals surface area contributed by atoms with E-state index in [4.69, 9.17) is 4.74 Å². The van der Waals surface area contributed by atoms with Crippen LogP contribution < -0.4 is 14.8 Å². The average molecular weight is 568 g/mol. The monoisotopic (exact) mass is 567 g/mol. The third kappa shape index (κ3) is 5.34. The van der Waals surface area contributed by atoms with Crippen molar-refractivity contribution in [2.75, 3.05) is 13.1 Å². The van der Waals surface area contributed by atoms with Gasteiger partial charge in [-0.3, -0.25) is 14.6 Å². The van der Waals surface area contributed by atoms with Crippen molar-refractivity contribution in [2.45, 2.75) is 49.7 Å². The number of rotatable bonds is 7. The summed E-state index contributed by atoms with van der Waals surface area (Å²) in [7, 11) is -4.15. The number of carbonyl (C=O) groups excluding carboxylic acids is 3. The van der Waals surface area contributed by atoms with E-state index in [2.05, 4.69) is 10.3 Å². The molecule has 3 aromatic rings. The van der Waals surface area contributed by atoms with E-state index in [0.29, 0.717) is 4.73 Å². The van der Waals surface area contributed by atoms with Crippen LogP contribution in [0.3, 0.4) is 0 Å². The van der Waals surface area contributed by atoms with Gasteiger partial charge >= 0.3 is 6.09 Å². The molecule has 1 N–H and O–H groups in total. The summed E-state index contributed by atoms with van der Waals surface area (Å²) in [5, 5.41) is 15.1. The molecule has 2 amide bonds. The lowest BCUT2D eigenvalue weighted by Gasteiger charge is -2.28. The quantitative estimate of drug-likeness (QED) is 0.334. The van der Waals surface area contributed by atoms with Gasteiger partial charge in [0.2, 0.25) is 15.9 Å². The predicted octanol–water partition coefficient (Wildman–Crippen LogP) is 1.61. The van der Waals surface area contributed by atoms with Crippen molar-refractivity contribution in [1.29, 1.82) is 0 Å². The molecule has 3 atom stereocenters. The van der Waals surface area contributed by atoms with E-state index < -0.39 is 52.5 Å². The van der Waals surface area contributed by atoms with E-state index in [-0.39, 0.29) is 35.9 Å². The molecule has 2 aromatic heterocycles. The fourth-order valence-electron chi connectivity index (χ4n) is 5.35. The van der Waals surface area contributed by atoms with E-state index in [0.717, 1.165) is 27.6 Å². The Bertz CT molecular complexity index is 1580. The Hall–Kier alpha value is -4.10. The summed E-state index contributed by atoms with van der Waals surface area (Å²) in [5.41, 5.74) is 0.739. The van der Waals surface area contributed by atoms with Gasteiger partial charge in [0, 0.05) is 24.2 Å². The highest BCUT2D eigenvalue weighted by Gasteiger charge is 2.54. The second-order valence-corrected chi connectivity index (χ2v) is 12.2. The van der Waals surface area contributed by atoms with Crippen molar-refractivity contribution in [3.63, 3.8) is 0 Å². The summed E-state index contributed by atoms with van der Waals surface area (Å²) in [4.78, 5) is 44.9. The number of hydrogen-bond donors (Lipinski definition) is 1. The van der Waals surface area contributed by atoms with Crippen LogP contribution in [-0.2, 0) is 19.6 Å². The fraction of sp³-hybridized carbons (Fsp3) is 0.370. The Morgan fingerprint density at radius 2 is 2.02 bits per heavy atom. The minimum absolute atomic E-state index is 0.0208. The van der Waals surface area contributed by atoms with Crippen LogP contribution in [0.1, 0.15) is 26.7 Å². The topological polar surface area (TPSA) is 153 Å². The highest BCUT2D eigenvalue weighted by molar-refractivity contribution is 7.89. The highest BCUT2D eigenvalue weighted by Crippen LogP contribution is 2.34. The lowest BCUT2D eigenvalue weighted by Crippen LogP contribution is -2.53. The number of ketones is 1. The van der Waals surface area contributed by atoms with Crippen molar-refractivity contribution >= 4 is 38.7 Å². The number of nitrogens with zero attached hydrogens (tertiary/aromatic N) is 4. The van der Waals surface area contributed by atoms with Gasteiger partial charge in [-0.1, -0.05) is 19.9 Å². The summed E-state index contributed by atoms with van der Waals surface area (Å²) < 4.78 is 33.4. The molecule has 210 valence electrons. The van der Waals surface area contributed by atoms with Crippen LogP contribution in [0.4, 0.5) is 4.79 Å². The first-order valence-electron chi connectivity index (χ1n) is 12.9. The third-order valence-corrected chi connectivity index (χ3v) is 8.95. The van der Waals surface area contributed by atoms with Gasteiger partial charge in [-0.05, 0) is 49.1 Å². The number of Topliss-reactive ketones (excluding diaryl/α,β-unsaturated/α-hetero) is 1. The summed E-state index contributed by atoms with van der Waals surface area (Å²) in [5.74, 6) is -0.596. The van der Waals surface area contributed by atoms with Crippen molar-refractivity contribution in [3.8, 4) is 5.75 Å². The zero-order valence-corrected chi connectivity index (χ0v) is 22.8. The van der Waals surface area contributed by atoms with Crippen LogP contribution in [0.5, 0.6) is 5.75 Å². The van der Waals surface area contributed by atoms with E-state index in [1.807, 2.05) is 19.9 Å². The lowest BCUT2D eigenvalue weighted by atomic mass is 10.0. The Labute approximate surface area is 231 Å². The number of carbonyl (C=O) groups is 3. The second-order valence-electron chi connectivity index (χ2n) is 10.3. The molecule has 0 spiro atoms. The molecule has 4 heterocycles. The maximum Gasteiger partial charge on any atom is 0.413 e. The molecule has 0 radical (unpaired) electrons. The largest absolute Gasteiger partial charge is 0.619 e. The van der Waals surface area contributed by atoms with Crippen LogP contribution in [0.15, 0.2) is 66.0 Å². The number of ether oxygens (including phenoxy) is 1. The molecule has 13 heteroatoms. The molecular formula is C27H29N5O7S. The van der Waals surface area contributed by atoms with Crippen LogP contribution in [0, 0.1) is 11.1 Å². The average Bonchev–Trinajstić information content (AvgIpc) is 3.49. The van der Waals surface area contributed by atoms with E-state index >= 15 is 0 Å². The van der Waals surface area contributed by atoms with Gasteiger partial charge in [0.1, 0.15) is 22.7 Å². The number of aromatic nitrogens is 2. The number of hydrogen-bond acceptors (Lipinski definition) is 8. The molecule has 2 saturated heterocycles. The summed E-state index contributed by atoms with van der Waals surface area (Å²) in [6.45, 7) is 3.53. The van der Waals surface area contributed by atoms with Gasteiger partial charge in [0.05, 0.1) is 18.1 Å². The lowest BCUT2D eigenvalue weighted by molar-refractivity contribution is -0.607. The van der Waals surface area contributed by atoms with Gasteiger partial charge in [0.25, 0.3) is 0 Å².